The van der Waals surface area contributed by atoms with E-state index in [9.17, 15) is 22.8 Å². The van der Waals surface area contributed by atoms with Gasteiger partial charge in [0.25, 0.3) is 5.91 Å². The summed E-state index contributed by atoms with van der Waals surface area (Å²) in [5.74, 6) is -1.51. The van der Waals surface area contributed by atoms with E-state index in [1.807, 2.05) is 26.0 Å². The van der Waals surface area contributed by atoms with Gasteiger partial charge in [0.1, 0.15) is 10.6 Å². The van der Waals surface area contributed by atoms with E-state index in [0.717, 1.165) is 11.1 Å². The van der Waals surface area contributed by atoms with Crippen LogP contribution < -0.4 is 9.50 Å². The highest BCUT2D eigenvalue weighted by atomic mass is 32.2. The minimum atomic E-state index is -4.02. The highest BCUT2D eigenvalue weighted by Crippen LogP contribution is 2.20. The molecule has 0 spiro atoms. The number of carbonyl (C=O) groups is 3. The summed E-state index contributed by atoms with van der Waals surface area (Å²) in [6, 6.07) is 24.9. The number of hydrogen-bond donors (Lipinski definition) is 1. The quantitative estimate of drug-likeness (QED) is 0.172. The molecule has 0 unspecified atom stereocenters. The minimum absolute atomic E-state index is 0.0129. The van der Waals surface area contributed by atoms with Gasteiger partial charge in [-0.25, -0.2) is 4.79 Å². The maximum absolute atomic E-state index is 12.5. The average molecular weight is 544 g/mol. The molecule has 0 aliphatic rings. The smallest absolute Gasteiger partial charge is 0.339 e. The maximum Gasteiger partial charge on any atom is 0.339 e. The molecule has 0 saturated carbocycles. The number of Topliss-reactive ketones (excluding diaryl/α,β-unsaturated/α-hetero) is 1. The lowest BCUT2D eigenvalue weighted by Crippen LogP contribution is -2.15. The average Bonchev–Trinajstić information content (AvgIpc) is 2.92. The second-order valence-electron chi connectivity index (χ2n) is 8.78. The van der Waals surface area contributed by atoms with E-state index >= 15 is 0 Å². The van der Waals surface area contributed by atoms with E-state index in [2.05, 4.69) is 5.32 Å². The normalized spacial score (nSPS) is 10.9. The number of esters is 1. The maximum atomic E-state index is 12.5. The van der Waals surface area contributed by atoms with Crippen LogP contribution in [0, 0.1) is 13.8 Å². The molecular weight excluding hydrogens is 518 g/mol. The van der Waals surface area contributed by atoms with Gasteiger partial charge >= 0.3 is 16.1 Å². The van der Waals surface area contributed by atoms with Gasteiger partial charge in [-0.15, -0.1) is 0 Å². The Morgan fingerprint density at radius 2 is 1.31 bits per heavy atom. The number of aryl methyl sites for hydroxylation is 2. The van der Waals surface area contributed by atoms with Gasteiger partial charge in [0, 0.05) is 16.8 Å². The van der Waals surface area contributed by atoms with Crippen molar-refractivity contribution in [3.8, 4) is 5.75 Å². The number of ether oxygens (including phenoxy) is 1. The molecule has 0 bridgehead atoms. The van der Waals surface area contributed by atoms with Crippen LogP contribution in [0.5, 0.6) is 5.75 Å². The van der Waals surface area contributed by atoms with Gasteiger partial charge in [0.15, 0.2) is 12.4 Å². The lowest BCUT2D eigenvalue weighted by atomic mass is 10.1. The summed E-state index contributed by atoms with van der Waals surface area (Å²) in [6.45, 7) is 3.24. The van der Waals surface area contributed by atoms with Crippen molar-refractivity contribution in [1.82, 2.24) is 0 Å². The molecule has 4 aromatic rings. The lowest BCUT2D eigenvalue weighted by molar-refractivity contribution is 0.0474. The van der Waals surface area contributed by atoms with Gasteiger partial charge in [0.2, 0.25) is 0 Å². The molecule has 198 valence electrons. The summed E-state index contributed by atoms with van der Waals surface area (Å²) in [7, 11) is -4.02. The number of amides is 1. The van der Waals surface area contributed by atoms with Crippen LogP contribution in [0.15, 0.2) is 102 Å². The molecule has 0 aliphatic carbocycles. The molecule has 39 heavy (non-hydrogen) atoms. The number of benzene rings is 4. The third kappa shape index (κ3) is 7.18. The zero-order valence-corrected chi connectivity index (χ0v) is 22.0. The van der Waals surface area contributed by atoms with Crippen LogP contribution in [-0.4, -0.2) is 32.7 Å². The van der Waals surface area contributed by atoms with Crippen molar-refractivity contribution in [2.45, 2.75) is 18.7 Å². The number of nitrogens with one attached hydrogen (secondary N) is 1. The SMILES string of the molecule is Cc1ccc(C(=O)Nc2cccc(C(=O)OCC(=O)c3ccc(OS(=O)(=O)c4ccc(C)cc4)cc3)c2)cc1. The van der Waals surface area contributed by atoms with Crippen molar-refractivity contribution >= 4 is 33.5 Å². The van der Waals surface area contributed by atoms with E-state index < -0.39 is 28.5 Å². The number of hydrogen-bond acceptors (Lipinski definition) is 7. The predicted octanol–water partition coefficient (Wildman–Crippen LogP) is 5.36. The van der Waals surface area contributed by atoms with E-state index in [4.69, 9.17) is 8.92 Å². The van der Waals surface area contributed by atoms with Gasteiger partial charge in [-0.05, 0) is 80.6 Å². The Hall–Kier alpha value is -4.76. The van der Waals surface area contributed by atoms with E-state index in [1.165, 1.54) is 48.5 Å². The standard InChI is InChI=1S/C30H25NO7S/c1-20-6-10-23(11-7-20)29(33)31-25-5-3-4-24(18-25)30(34)37-19-28(32)22-12-14-26(15-13-22)38-39(35,36)27-16-8-21(2)9-17-27/h3-18H,19H2,1-2H3,(H,31,33). The van der Waals surface area contributed by atoms with Crippen molar-refractivity contribution in [2.75, 3.05) is 11.9 Å². The first-order valence-corrected chi connectivity index (χ1v) is 13.3. The zero-order chi connectivity index (χ0) is 28.0. The summed E-state index contributed by atoms with van der Waals surface area (Å²) >= 11 is 0. The molecule has 4 aromatic carbocycles. The van der Waals surface area contributed by atoms with Gasteiger partial charge in [-0.3, -0.25) is 9.59 Å². The highest BCUT2D eigenvalue weighted by Gasteiger charge is 2.18. The van der Waals surface area contributed by atoms with Gasteiger partial charge in [-0.1, -0.05) is 41.5 Å². The summed E-state index contributed by atoms with van der Waals surface area (Å²) in [5, 5.41) is 2.73. The molecule has 1 N–H and O–H groups in total. The van der Waals surface area contributed by atoms with Crippen LogP contribution in [0.4, 0.5) is 5.69 Å². The fraction of sp³-hybridized carbons (Fsp3) is 0.100. The van der Waals surface area contributed by atoms with Crippen molar-refractivity contribution in [1.29, 1.82) is 0 Å². The number of carbonyl (C=O) groups excluding carboxylic acids is 3. The molecule has 0 aromatic heterocycles. The second-order valence-corrected chi connectivity index (χ2v) is 10.3. The predicted molar refractivity (Wildman–Crippen MR) is 146 cm³/mol. The Balaban J connectivity index is 1.33. The first kappa shape index (κ1) is 27.3. The number of ketones is 1. The second kappa shape index (κ2) is 11.7. The molecule has 1 amide bonds. The van der Waals surface area contributed by atoms with Crippen LogP contribution >= 0.6 is 0 Å². The largest absolute Gasteiger partial charge is 0.454 e. The van der Waals surface area contributed by atoms with Crippen molar-refractivity contribution in [3.05, 3.63) is 125 Å². The fourth-order valence-corrected chi connectivity index (χ4v) is 4.44. The third-order valence-corrected chi connectivity index (χ3v) is 6.96. The van der Waals surface area contributed by atoms with E-state index in [-0.39, 0.29) is 27.7 Å². The van der Waals surface area contributed by atoms with Crippen LogP contribution in [0.1, 0.15) is 42.2 Å². The molecule has 8 nitrogen and oxygen atoms in total. The van der Waals surface area contributed by atoms with Crippen LogP contribution in [0.2, 0.25) is 0 Å². The lowest BCUT2D eigenvalue weighted by Gasteiger charge is -2.09. The number of anilines is 1. The molecule has 0 fully saturated rings. The van der Waals surface area contributed by atoms with Crippen molar-refractivity contribution < 1.29 is 31.7 Å². The van der Waals surface area contributed by atoms with Gasteiger partial charge < -0.3 is 14.2 Å². The minimum Gasteiger partial charge on any atom is -0.454 e. The summed E-state index contributed by atoms with van der Waals surface area (Å²) in [6.07, 6.45) is 0. The Bertz CT molecular complexity index is 1610. The van der Waals surface area contributed by atoms with Crippen LogP contribution in [0.25, 0.3) is 0 Å². The van der Waals surface area contributed by atoms with Gasteiger partial charge in [0.05, 0.1) is 5.56 Å². The first-order chi connectivity index (χ1) is 18.6. The summed E-state index contributed by atoms with van der Waals surface area (Å²) < 4.78 is 35.2. The molecule has 0 heterocycles. The monoisotopic (exact) mass is 543 g/mol. The van der Waals surface area contributed by atoms with Crippen molar-refractivity contribution in [2.24, 2.45) is 0 Å². The Morgan fingerprint density at radius 1 is 0.718 bits per heavy atom. The molecule has 0 aliphatic heterocycles. The number of rotatable bonds is 9. The zero-order valence-electron chi connectivity index (χ0n) is 21.2. The van der Waals surface area contributed by atoms with E-state index in [1.54, 1.807) is 36.4 Å². The van der Waals surface area contributed by atoms with Crippen LogP contribution in [-0.2, 0) is 14.9 Å². The fourth-order valence-electron chi connectivity index (χ4n) is 3.51. The Kier molecular flexibility index (Phi) is 8.21. The molecule has 4 rings (SSSR count). The molecule has 0 atom stereocenters. The molecule has 9 heteroatoms. The molecular formula is C30H25NO7S. The third-order valence-electron chi connectivity index (χ3n) is 5.70. The summed E-state index contributed by atoms with van der Waals surface area (Å²) in [5.41, 5.74) is 3.19. The first-order valence-electron chi connectivity index (χ1n) is 11.9. The highest BCUT2D eigenvalue weighted by molar-refractivity contribution is 7.87. The van der Waals surface area contributed by atoms with E-state index in [0.29, 0.717) is 11.3 Å². The van der Waals surface area contributed by atoms with Crippen molar-refractivity contribution in [3.63, 3.8) is 0 Å². The van der Waals surface area contributed by atoms with Crippen LogP contribution in [0.3, 0.4) is 0 Å². The van der Waals surface area contributed by atoms with Gasteiger partial charge in [-0.2, -0.15) is 8.42 Å². The Labute approximate surface area is 226 Å². The molecule has 0 saturated heterocycles. The topological polar surface area (TPSA) is 116 Å². The summed E-state index contributed by atoms with van der Waals surface area (Å²) in [4.78, 5) is 37.5. The Morgan fingerprint density at radius 3 is 1.95 bits per heavy atom. The molecule has 0 radical (unpaired) electrons.